The Kier molecular flexibility index (Phi) is 6.45. The van der Waals surface area contributed by atoms with E-state index in [9.17, 15) is 0 Å². The normalized spacial score (nSPS) is 14.8. The number of nitrogens with one attached hydrogen (secondary N) is 2. The number of hydrogen-bond donors (Lipinski definition) is 2. The van der Waals surface area contributed by atoms with Crippen molar-refractivity contribution in [3.8, 4) is 0 Å². The summed E-state index contributed by atoms with van der Waals surface area (Å²) in [7, 11) is 0. The summed E-state index contributed by atoms with van der Waals surface area (Å²) in [5.41, 5.74) is 3.70. The molecular weight excluding hydrogens is 398 g/mol. The number of anilines is 1. The van der Waals surface area contributed by atoms with Crippen molar-refractivity contribution in [2.75, 3.05) is 31.5 Å². The number of rotatable bonds is 4. The highest BCUT2D eigenvalue weighted by Crippen LogP contribution is 2.19. The minimum absolute atomic E-state index is 0.345. The Morgan fingerprint density at radius 1 is 0.828 bits per heavy atom. The third-order valence-corrected chi connectivity index (χ3v) is 6.07. The Hall–Kier alpha value is -2.40. The second-order valence-corrected chi connectivity index (χ2v) is 8.16. The number of benzene rings is 3. The molecule has 2 N–H and O–H groups in total. The second kappa shape index (κ2) is 9.40. The van der Waals surface area contributed by atoms with Gasteiger partial charge in [-0.3, -0.25) is 0 Å². The summed E-state index contributed by atoms with van der Waals surface area (Å²) in [4.78, 5) is 3.84. The van der Waals surface area contributed by atoms with Gasteiger partial charge in [0.15, 0.2) is 5.11 Å². The lowest BCUT2D eigenvalue weighted by atomic mass is 9.96. The van der Waals surface area contributed by atoms with Crippen molar-refractivity contribution in [3.63, 3.8) is 0 Å². The van der Waals surface area contributed by atoms with Crippen molar-refractivity contribution in [1.82, 2.24) is 4.90 Å². The quantitative estimate of drug-likeness (QED) is 0.619. The molecule has 3 aromatic carbocycles. The van der Waals surface area contributed by atoms with Crippen molar-refractivity contribution in [2.24, 2.45) is 0 Å². The van der Waals surface area contributed by atoms with Crippen molar-refractivity contribution in [2.45, 2.75) is 6.04 Å². The fourth-order valence-corrected chi connectivity index (χ4v) is 4.40. The smallest absolute Gasteiger partial charge is 0.173 e. The Bertz CT molecular complexity index is 884. The first-order valence-corrected chi connectivity index (χ1v) is 10.8. The molecule has 3 nitrogen and oxygen atoms in total. The molecule has 3 aromatic rings. The topological polar surface area (TPSA) is 19.7 Å². The van der Waals surface area contributed by atoms with Gasteiger partial charge in [0, 0.05) is 21.8 Å². The Morgan fingerprint density at radius 2 is 1.34 bits per heavy atom. The van der Waals surface area contributed by atoms with Gasteiger partial charge in [-0.1, -0.05) is 72.3 Å². The van der Waals surface area contributed by atoms with Crippen molar-refractivity contribution in [3.05, 3.63) is 101 Å². The highest BCUT2D eigenvalue weighted by atomic mass is 35.5. The summed E-state index contributed by atoms with van der Waals surface area (Å²) in [5.74, 6) is 0. The van der Waals surface area contributed by atoms with Crippen LogP contribution >= 0.6 is 23.8 Å². The van der Waals surface area contributed by atoms with Gasteiger partial charge in [0.05, 0.1) is 26.2 Å². The van der Waals surface area contributed by atoms with Gasteiger partial charge in [-0.15, -0.1) is 0 Å². The zero-order valence-corrected chi connectivity index (χ0v) is 17.8. The van der Waals surface area contributed by atoms with Crippen molar-refractivity contribution < 1.29 is 4.90 Å². The first kappa shape index (κ1) is 19.9. The molecule has 0 aromatic heterocycles. The molecule has 0 aliphatic carbocycles. The molecular formula is C24H25ClN3S+. The van der Waals surface area contributed by atoms with E-state index in [0.29, 0.717) is 6.04 Å². The van der Waals surface area contributed by atoms with Crippen LogP contribution in [0.4, 0.5) is 5.69 Å². The van der Waals surface area contributed by atoms with Gasteiger partial charge >= 0.3 is 0 Å². The van der Waals surface area contributed by atoms with Crippen LogP contribution in [0.15, 0.2) is 84.9 Å². The fourth-order valence-electron chi connectivity index (χ4n) is 3.98. The lowest BCUT2D eigenvalue weighted by Crippen LogP contribution is -3.15. The van der Waals surface area contributed by atoms with E-state index in [2.05, 4.69) is 70.9 Å². The van der Waals surface area contributed by atoms with Crippen LogP contribution in [0.5, 0.6) is 0 Å². The molecule has 29 heavy (non-hydrogen) atoms. The molecule has 0 radical (unpaired) electrons. The van der Waals surface area contributed by atoms with Gasteiger partial charge in [-0.05, 0) is 36.5 Å². The Morgan fingerprint density at radius 3 is 1.86 bits per heavy atom. The highest BCUT2D eigenvalue weighted by molar-refractivity contribution is 7.80. The van der Waals surface area contributed by atoms with Crippen LogP contribution in [0.3, 0.4) is 0 Å². The van der Waals surface area contributed by atoms with Gasteiger partial charge in [0.25, 0.3) is 0 Å². The van der Waals surface area contributed by atoms with Gasteiger partial charge in [-0.2, -0.15) is 0 Å². The largest absolute Gasteiger partial charge is 0.338 e. The zero-order chi connectivity index (χ0) is 20.1. The molecule has 1 heterocycles. The van der Waals surface area contributed by atoms with Gasteiger partial charge in [0.1, 0.15) is 6.04 Å². The number of nitrogens with zero attached hydrogens (tertiary/aromatic N) is 1. The average molecular weight is 423 g/mol. The third-order valence-electron chi connectivity index (χ3n) is 5.46. The molecule has 148 valence electrons. The van der Waals surface area contributed by atoms with E-state index in [0.717, 1.165) is 42.0 Å². The SMILES string of the molecule is S=C(Nc1ccc(Cl)cc1)N1CC[NH+](C(c2ccccc2)c2ccccc2)CC1. The van der Waals surface area contributed by atoms with Gasteiger partial charge in [0.2, 0.25) is 0 Å². The summed E-state index contributed by atoms with van der Waals surface area (Å²) in [6, 6.07) is 29.7. The average Bonchev–Trinajstić information content (AvgIpc) is 2.77. The van der Waals surface area contributed by atoms with Crippen LogP contribution in [0, 0.1) is 0 Å². The van der Waals surface area contributed by atoms with Gasteiger partial charge in [-0.25, -0.2) is 0 Å². The van der Waals surface area contributed by atoms with E-state index in [1.54, 1.807) is 4.90 Å². The minimum atomic E-state index is 0.345. The number of thiocarbonyl (C=S) groups is 1. The molecule has 0 spiro atoms. The van der Waals surface area contributed by atoms with Crippen LogP contribution in [0.25, 0.3) is 0 Å². The number of halogens is 1. The molecule has 5 heteroatoms. The van der Waals surface area contributed by atoms with E-state index in [1.165, 1.54) is 11.1 Å². The second-order valence-electron chi connectivity index (χ2n) is 7.34. The van der Waals surface area contributed by atoms with Gasteiger partial charge < -0.3 is 15.1 Å². The van der Waals surface area contributed by atoms with Crippen LogP contribution in [-0.4, -0.2) is 36.2 Å². The first-order chi connectivity index (χ1) is 14.2. The monoisotopic (exact) mass is 422 g/mol. The molecule has 1 aliphatic rings. The predicted octanol–water partition coefficient (Wildman–Crippen LogP) is 4.03. The maximum absolute atomic E-state index is 5.97. The lowest BCUT2D eigenvalue weighted by Gasteiger charge is -2.38. The standard InChI is InChI=1S/C24H24ClN3S/c25-21-11-13-22(14-12-21)26-24(29)28-17-15-27(16-18-28)23(19-7-3-1-4-8-19)20-9-5-2-6-10-20/h1-14,23H,15-18H2,(H,26,29)/p+1. The number of quaternary nitrogens is 1. The molecule has 1 aliphatic heterocycles. The summed E-state index contributed by atoms with van der Waals surface area (Å²) in [5, 5.41) is 4.84. The highest BCUT2D eigenvalue weighted by Gasteiger charge is 2.30. The van der Waals surface area contributed by atoms with E-state index < -0.39 is 0 Å². The molecule has 0 atom stereocenters. The third kappa shape index (κ3) is 4.96. The molecule has 0 amide bonds. The van der Waals surface area contributed by atoms with E-state index >= 15 is 0 Å². The minimum Gasteiger partial charge on any atom is -0.338 e. The molecule has 4 rings (SSSR count). The van der Waals surface area contributed by atoms with Crippen LogP contribution in [-0.2, 0) is 0 Å². The van der Waals surface area contributed by atoms with Crippen LogP contribution in [0.1, 0.15) is 17.2 Å². The Balaban J connectivity index is 1.44. The summed E-state index contributed by atoms with van der Waals surface area (Å²) >= 11 is 11.6. The number of hydrogen-bond acceptors (Lipinski definition) is 1. The molecule has 1 saturated heterocycles. The van der Waals surface area contributed by atoms with Crippen molar-refractivity contribution in [1.29, 1.82) is 0 Å². The predicted molar refractivity (Wildman–Crippen MR) is 125 cm³/mol. The lowest BCUT2D eigenvalue weighted by molar-refractivity contribution is -0.929. The van der Waals surface area contributed by atoms with Crippen molar-refractivity contribution >= 4 is 34.6 Å². The van der Waals surface area contributed by atoms with Crippen LogP contribution < -0.4 is 10.2 Å². The van der Waals surface area contributed by atoms with E-state index in [-0.39, 0.29) is 0 Å². The summed E-state index contributed by atoms with van der Waals surface area (Å²) in [6.45, 7) is 3.95. The molecule has 0 unspecified atom stereocenters. The summed E-state index contributed by atoms with van der Waals surface area (Å²) in [6.07, 6.45) is 0. The van der Waals surface area contributed by atoms with Crippen LogP contribution in [0.2, 0.25) is 5.02 Å². The Labute approximate surface area is 182 Å². The molecule has 0 saturated carbocycles. The molecule has 0 bridgehead atoms. The molecule has 1 fully saturated rings. The maximum atomic E-state index is 5.97. The number of piperazine rings is 1. The zero-order valence-electron chi connectivity index (χ0n) is 16.2. The maximum Gasteiger partial charge on any atom is 0.173 e. The fraction of sp³-hybridized carbons (Fsp3) is 0.208. The van der Waals surface area contributed by atoms with E-state index in [4.69, 9.17) is 23.8 Å². The first-order valence-electron chi connectivity index (χ1n) is 9.97. The summed E-state index contributed by atoms with van der Waals surface area (Å²) < 4.78 is 0. The van der Waals surface area contributed by atoms with E-state index in [1.807, 2.05) is 24.3 Å².